The van der Waals surface area contributed by atoms with Gasteiger partial charge in [-0.2, -0.15) is 5.26 Å². The van der Waals surface area contributed by atoms with Gasteiger partial charge in [0.25, 0.3) is 5.91 Å². The number of carbonyl (C=O) groups excluding carboxylic acids is 1. The largest absolute Gasteiger partial charge is 0.456 e. The molecule has 5 rings (SSSR count). The van der Waals surface area contributed by atoms with Gasteiger partial charge in [-0.3, -0.25) is 4.79 Å². The third-order valence-electron chi connectivity index (χ3n) is 5.91. The van der Waals surface area contributed by atoms with Crippen LogP contribution >= 0.6 is 15.9 Å². The van der Waals surface area contributed by atoms with Crippen molar-refractivity contribution in [2.45, 2.75) is 18.1 Å². The van der Waals surface area contributed by atoms with Crippen LogP contribution in [0.2, 0.25) is 0 Å². The Morgan fingerprint density at radius 2 is 1.71 bits per heavy atom. The molecule has 0 fully saturated rings. The predicted octanol–water partition coefficient (Wildman–Crippen LogP) is 4.70. The first-order valence-corrected chi connectivity index (χ1v) is 10.7. The summed E-state index contributed by atoms with van der Waals surface area (Å²) in [6.07, 6.45) is 0. The molecule has 1 spiro atoms. The van der Waals surface area contributed by atoms with Crippen molar-refractivity contribution in [3.05, 3.63) is 111 Å². The number of ether oxygens (including phenoxy) is 1. The summed E-state index contributed by atoms with van der Waals surface area (Å²) < 4.78 is 6.95. The molecule has 5 nitrogen and oxygen atoms in total. The van der Waals surface area contributed by atoms with Crippen LogP contribution in [0.15, 0.2) is 94.8 Å². The Balaban J connectivity index is 1.72. The highest BCUT2D eigenvalue weighted by Gasteiger charge is 2.63. The molecule has 0 bridgehead atoms. The third-order valence-corrected chi connectivity index (χ3v) is 6.63. The molecule has 2 N–H and O–H groups in total. The van der Waals surface area contributed by atoms with E-state index in [0.29, 0.717) is 12.1 Å². The van der Waals surface area contributed by atoms with Gasteiger partial charge in [0.15, 0.2) is 0 Å². The summed E-state index contributed by atoms with van der Waals surface area (Å²) >= 11 is 3.59. The number of rotatable bonds is 3. The van der Waals surface area contributed by atoms with Gasteiger partial charge in [0, 0.05) is 10.0 Å². The van der Waals surface area contributed by atoms with Crippen molar-refractivity contribution in [1.29, 1.82) is 5.26 Å². The number of halogens is 1. The van der Waals surface area contributed by atoms with Crippen LogP contribution in [0, 0.1) is 11.3 Å². The zero-order valence-electron chi connectivity index (χ0n) is 16.5. The van der Waals surface area contributed by atoms with Crippen molar-refractivity contribution in [1.82, 2.24) is 0 Å². The number of para-hydroxylation sites is 1. The topological polar surface area (TPSA) is 79.4 Å². The van der Waals surface area contributed by atoms with Crippen LogP contribution in [-0.2, 0) is 21.7 Å². The highest BCUT2D eigenvalue weighted by atomic mass is 79.9. The molecule has 31 heavy (non-hydrogen) atoms. The first kappa shape index (κ1) is 19.4. The molecule has 0 saturated carbocycles. The first-order valence-electron chi connectivity index (χ1n) is 9.86. The first-order chi connectivity index (χ1) is 15.1. The fourth-order valence-electron chi connectivity index (χ4n) is 4.58. The average molecular weight is 472 g/mol. The van der Waals surface area contributed by atoms with Crippen LogP contribution in [0.25, 0.3) is 0 Å². The lowest BCUT2D eigenvalue weighted by molar-refractivity contribution is -0.137. The van der Waals surface area contributed by atoms with E-state index in [1.54, 1.807) is 4.90 Å². The molecule has 0 radical (unpaired) electrons. The van der Waals surface area contributed by atoms with Crippen molar-refractivity contribution in [3.8, 4) is 6.07 Å². The number of hydrogen-bond donors (Lipinski definition) is 1. The Kier molecular flexibility index (Phi) is 4.57. The molecule has 0 saturated heterocycles. The van der Waals surface area contributed by atoms with Crippen LogP contribution in [0.3, 0.4) is 0 Å². The van der Waals surface area contributed by atoms with E-state index in [0.717, 1.165) is 21.3 Å². The van der Waals surface area contributed by atoms with E-state index >= 15 is 0 Å². The molecule has 2 heterocycles. The fourth-order valence-corrected chi connectivity index (χ4v) is 5.10. The van der Waals surface area contributed by atoms with Crippen LogP contribution in [-0.4, -0.2) is 5.91 Å². The maximum absolute atomic E-state index is 14.1. The summed E-state index contributed by atoms with van der Waals surface area (Å²) in [6, 6.07) is 27.1. The van der Waals surface area contributed by atoms with Gasteiger partial charge in [0.1, 0.15) is 11.6 Å². The molecule has 0 aliphatic carbocycles. The van der Waals surface area contributed by atoms with Gasteiger partial charge in [0.2, 0.25) is 11.5 Å². The molecular weight excluding hydrogens is 454 g/mol. The maximum atomic E-state index is 14.1. The molecule has 0 aromatic heterocycles. The monoisotopic (exact) mass is 471 g/mol. The van der Waals surface area contributed by atoms with E-state index in [9.17, 15) is 10.1 Å². The second-order valence-corrected chi connectivity index (χ2v) is 8.43. The lowest BCUT2D eigenvalue weighted by Crippen LogP contribution is -2.44. The Morgan fingerprint density at radius 1 is 1.03 bits per heavy atom. The van der Waals surface area contributed by atoms with Gasteiger partial charge in [-0.25, -0.2) is 0 Å². The summed E-state index contributed by atoms with van der Waals surface area (Å²) in [7, 11) is 0. The van der Waals surface area contributed by atoms with E-state index in [-0.39, 0.29) is 17.4 Å². The minimum absolute atomic E-state index is 0.00651. The second-order valence-electron chi connectivity index (χ2n) is 7.58. The minimum atomic E-state index is -1.43. The van der Waals surface area contributed by atoms with Crippen LogP contribution in [0.5, 0.6) is 0 Å². The molecule has 1 amide bonds. The van der Waals surface area contributed by atoms with Crippen molar-refractivity contribution in [3.63, 3.8) is 0 Å². The summed E-state index contributed by atoms with van der Waals surface area (Å²) in [5.41, 5.74) is 8.28. The van der Waals surface area contributed by atoms with E-state index in [2.05, 4.69) is 22.0 Å². The number of fused-ring (bicyclic) bond motifs is 2. The molecule has 0 unspecified atom stereocenters. The predicted molar refractivity (Wildman–Crippen MR) is 121 cm³/mol. The van der Waals surface area contributed by atoms with Crippen molar-refractivity contribution in [2.24, 2.45) is 5.73 Å². The molecule has 3 aromatic carbocycles. The van der Waals surface area contributed by atoms with Gasteiger partial charge in [-0.05, 0) is 23.3 Å². The number of nitriles is 1. The Labute approximate surface area is 188 Å². The van der Waals surface area contributed by atoms with Crippen molar-refractivity contribution in [2.75, 3.05) is 4.90 Å². The lowest BCUT2D eigenvalue weighted by Gasteiger charge is -2.31. The Hall–Kier alpha value is -3.56. The number of carbonyl (C=O) groups is 1. The Bertz CT molecular complexity index is 1270. The second kappa shape index (κ2) is 7.29. The molecule has 2 atom stereocenters. The summed E-state index contributed by atoms with van der Waals surface area (Å²) in [6.45, 7) is 0.395. The van der Waals surface area contributed by atoms with Crippen LogP contribution in [0.4, 0.5) is 5.69 Å². The quantitative estimate of drug-likeness (QED) is 0.600. The van der Waals surface area contributed by atoms with Crippen LogP contribution in [0.1, 0.15) is 22.6 Å². The number of hydrogen-bond acceptors (Lipinski definition) is 4. The minimum Gasteiger partial charge on any atom is -0.456 e. The zero-order valence-corrected chi connectivity index (χ0v) is 18.0. The Morgan fingerprint density at radius 3 is 2.45 bits per heavy atom. The van der Waals surface area contributed by atoms with Gasteiger partial charge in [-0.15, -0.1) is 0 Å². The van der Waals surface area contributed by atoms with Gasteiger partial charge in [0.05, 0.1) is 18.2 Å². The number of nitrogens with zero attached hydrogens (tertiary/aromatic N) is 2. The summed E-state index contributed by atoms with van der Waals surface area (Å²) in [5, 5.41) is 9.93. The van der Waals surface area contributed by atoms with Gasteiger partial charge in [-0.1, -0.05) is 82.7 Å². The van der Waals surface area contributed by atoms with Gasteiger partial charge >= 0.3 is 0 Å². The molecular formula is C25H18BrN3O2. The van der Waals surface area contributed by atoms with E-state index in [1.807, 2.05) is 78.9 Å². The van der Waals surface area contributed by atoms with E-state index in [4.69, 9.17) is 10.5 Å². The molecule has 2 aliphatic heterocycles. The van der Waals surface area contributed by atoms with Crippen molar-refractivity contribution >= 4 is 27.5 Å². The highest BCUT2D eigenvalue weighted by Crippen LogP contribution is 2.58. The number of amides is 1. The molecule has 2 aliphatic rings. The fraction of sp³-hybridized carbons (Fsp3) is 0.120. The van der Waals surface area contributed by atoms with Gasteiger partial charge < -0.3 is 15.4 Å². The smallest absolute Gasteiger partial charge is 0.277 e. The standard InChI is InChI=1S/C25H18BrN3O2/c26-20-12-6-4-10-17(20)22-18(14-27)23(28)31-25(22)19-11-5-7-13-21(19)29(24(25)30)15-16-8-2-1-3-9-16/h1-13,22H,15,28H2/t22-,25-/m1/s1. The lowest BCUT2D eigenvalue weighted by atomic mass is 9.75. The third kappa shape index (κ3) is 2.77. The normalized spacial score (nSPS) is 21.9. The number of benzene rings is 3. The number of nitrogens with two attached hydrogens (primary N) is 1. The summed E-state index contributed by atoms with van der Waals surface area (Å²) in [5.74, 6) is -0.901. The van der Waals surface area contributed by atoms with Crippen LogP contribution < -0.4 is 10.6 Å². The average Bonchev–Trinajstić information content (AvgIpc) is 3.22. The SMILES string of the molecule is N#CC1=C(N)O[C@@]2(C(=O)N(Cc3ccccc3)c3ccccc32)[C@@H]1c1ccccc1Br. The number of anilines is 1. The molecule has 152 valence electrons. The van der Waals surface area contributed by atoms with E-state index in [1.165, 1.54) is 0 Å². The highest BCUT2D eigenvalue weighted by molar-refractivity contribution is 9.10. The molecule has 3 aromatic rings. The van der Waals surface area contributed by atoms with E-state index < -0.39 is 11.5 Å². The zero-order chi connectivity index (χ0) is 21.6. The maximum Gasteiger partial charge on any atom is 0.277 e. The summed E-state index contributed by atoms with van der Waals surface area (Å²) in [4.78, 5) is 15.8. The molecule has 6 heteroatoms. The van der Waals surface area contributed by atoms with Crippen molar-refractivity contribution < 1.29 is 9.53 Å².